The first-order valence-electron chi connectivity index (χ1n) is 1.53. The van der Waals surface area contributed by atoms with Crippen molar-refractivity contribution in [3.8, 4) is 0 Å². The van der Waals surface area contributed by atoms with Crippen LogP contribution in [0.2, 0.25) is 0 Å². The molecule has 8 heteroatoms. The predicted octanol–water partition coefficient (Wildman–Crippen LogP) is -3.24. The smallest absolute Gasteiger partial charge is 0.709 e. The van der Waals surface area contributed by atoms with E-state index in [1.165, 1.54) is 19.7 Å². The van der Waals surface area contributed by atoms with Crippen molar-refractivity contribution in [1.82, 2.24) is 0 Å². The molecular weight excluding hydrogens is 269 g/mol. The van der Waals surface area contributed by atoms with Gasteiger partial charge in [-0.3, -0.25) is 19.7 Å². The third kappa shape index (κ3) is 40.4. The fourth-order valence-electron chi connectivity index (χ4n) is 0. The number of hydrogen-bond acceptors (Lipinski definition) is 4. The van der Waals surface area contributed by atoms with Crippen LogP contribution in [-0.2, 0) is 23.3 Å². The molecule has 0 aliphatic carbocycles. The number of hydrogen-bond donors (Lipinski definition) is 0. The molecule has 0 aromatic rings. The molecule has 0 bridgehead atoms. The summed E-state index contributed by atoms with van der Waals surface area (Å²) in [4.78, 5) is 0. The molecule has 52 valence electrons. The fraction of sp³-hybridized carbons (Fsp3) is 1.00. The van der Waals surface area contributed by atoms with Crippen LogP contribution in [0.3, 0.4) is 0 Å². The van der Waals surface area contributed by atoms with Gasteiger partial charge in [0.15, 0.2) is 0 Å². The minimum atomic E-state index is 0. The zero-order chi connectivity index (χ0) is 6.83. The first kappa shape index (κ1) is 23.6. The summed E-state index contributed by atoms with van der Waals surface area (Å²) in [6.07, 6.45) is 0. The van der Waals surface area contributed by atoms with Crippen LogP contribution in [0.25, 0.3) is 0 Å². The van der Waals surface area contributed by atoms with Crippen LogP contribution >= 0.6 is 42.9 Å². The molecule has 0 spiro atoms. The van der Waals surface area contributed by atoms with Gasteiger partial charge in [0, 0.05) is 11.8 Å². The van der Waals surface area contributed by atoms with Crippen LogP contribution in [-0.4, -0.2) is 11.8 Å². The molecule has 0 nitrogen and oxygen atoms in total. The van der Waals surface area contributed by atoms with Crippen molar-refractivity contribution in [2.75, 3.05) is 11.8 Å². The molecule has 0 unspecified atom stereocenters. The van der Waals surface area contributed by atoms with E-state index < -0.39 is 0 Å². The summed E-state index contributed by atoms with van der Waals surface area (Å²) in [5.74, 6) is 1.11. The average Bonchev–Trinajstić information content (AvgIpc) is 1.88. The Balaban J connectivity index is -0.0000000300. The molecule has 0 aliphatic rings. The molecule has 0 radical (unpaired) electrons. The Kier molecular flexibility index (Phi) is 69.2. The predicted molar refractivity (Wildman–Crippen MR) is 51.4 cm³/mol. The molecule has 0 heterocycles. The summed E-state index contributed by atoms with van der Waals surface area (Å²) in [7, 11) is 2.34. The van der Waals surface area contributed by atoms with Crippen molar-refractivity contribution < 1.29 is 59.1 Å². The number of alkyl halides is 2. The molecule has 0 atom stereocenters. The van der Waals surface area contributed by atoms with Gasteiger partial charge in [0.1, 0.15) is 0 Å². The van der Waals surface area contributed by atoms with Crippen molar-refractivity contribution >= 4 is 66.2 Å². The van der Waals surface area contributed by atoms with Gasteiger partial charge in [-0.25, -0.2) is 0 Å². The zero-order valence-corrected chi connectivity index (χ0v) is 14.6. The van der Waals surface area contributed by atoms with Gasteiger partial charge in [-0.2, -0.15) is 0 Å². The second-order valence-electron chi connectivity index (χ2n) is 0.514. The summed E-state index contributed by atoms with van der Waals surface area (Å²) in [6, 6.07) is 0. The van der Waals surface area contributed by atoms with Gasteiger partial charge in [0.05, 0.1) is 0 Å². The fourth-order valence-corrected chi connectivity index (χ4v) is 0. The molecule has 0 aliphatic heterocycles. The Hall–Kier alpha value is 3.98. The van der Waals surface area contributed by atoms with E-state index in [1.54, 1.807) is 0 Å². The Morgan fingerprint density at radius 1 is 0.900 bits per heavy atom. The van der Waals surface area contributed by atoms with Gasteiger partial charge in [0.25, 0.3) is 0 Å². The monoisotopic (exact) mass is 272 g/mol. The van der Waals surface area contributed by atoms with E-state index in [9.17, 15) is 0 Å². The van der Waals surface area contributed by atoms with Crippen molar-refractivity contribution in [2.24, 2.45) is 0 Å². The number of halogens is 2. The van der Waals surface area contributed by atoms with Crippen LogP contribution in [0.1, 0.15) is 0 Å². The largest absolute Gasteiger partial charge is 1.00 e. The summed E-state index contributed by atoms with van der Waals surface area (Å²) in [6.45, 7) is 0. The third-order valence-electron chi connectivity index (χ3n) is 0.0992. The molecule has 0 rings (SSSR count). The molecular formula is C2H4Cl2Na2S4. The van der Waals surface area contributed by atoms with E-state index in [0.717, 1.165) is 0 Å². The topological polar surface area (TPSA) is 0 Å². The zero-order valence-electron chi connectivity index (χ0n) is 5.80. The van der Waals surface area contributed by atoms with Gasteiger partial charge in [0.2, 0.25) is 0 Å². The third-order valence-corrected chi connectivity index (χ3v) is 2.89. The Bertz CT molecular complexity index is 27.2. The van der Waals surface area contributed by atoms with E-state index >= 15 is 0 Å². The van der Waals surface area contributed by atoms with E-state index in [0.29, 0.717) is 11.8 Å². The van der Waals surface area contributed by atoms with Gasteiger partial charge in [-0.05, 0) is 0 Å². The van der Waals surface area contributed by atoms with Crippen LogP contribution in [0.5, 0.6) is 0 Å². The molecule has 0 aromatic carbocycles. The Labute approximate surface area is 134 Å². The minimum Gasteiger partial charge on any atom is -0.709 e. The van der Waals surface area contributed by atoms with Crippen LogP contribution < -0.4 is 59.1 Å². The van der Waals surface area contributed by atoms with E-state index in [4.69, 9.17) is 23.2 Å². The molecule has 0 fully saturated rings. The summed E-state index contributed by atoms with van der Waals surface area (Å²) < 4.78 is 0. The molecule has 0 N–H and O–H groups in total. The summed E-state index contributed by atoms with van der Waals surface area (Å²) in [5, 5.41) is 0. The maximum atomic E-state index is 5.05. The maximum absolute atomic E-state index is 5.05. The van der Waals surface area contributed by atoms with Gasteiger partial charge >= 0.3 is 59.1 Å². The van der Waals surface area contributed by atoms with Crippen molar-refractivity contribution in [3.63, 3.8) is 0 Å². The van der Waals surface area contributed by atoms with Gasteiger partial charge in [-0.15, -0.1) is 23.2 Å². The van der Waals surface area contributed by atoms with Crippen LogP contribution in [0.15, 0.2) is 0 Å². The Morgan fingerprint density at radius 2 is 1.10 bits per heavy atom. The van der Waals surface area contributed by atoms with Gasteiger partial charge in [-0.1, -0.05) is 0 Å². The second kappa shape index (κ2) is 29.3. The first-order chi connectivity index (χ1) is 3.83. The van der Waals surface area contributed by atoms with Crippen molar-refractivity contribution in [3.05, 3.63) is 0 Å². The van der Waals surface area contributed by atoms with E-state index in [1.807, 2.05) is 0 Å². The van der Waals surface area contributed by atoms with Crippen molar-refractivity contribution in [2.45, 2.75) is 0 Å². The quantitative estimate of drug-likeness (QED) is 0.224. The van der Waals surface area contributed by atoms with E-state index in [2.05, 4.69) is 23.3 Å². The maximum Gasteiger partial charge on any atom is 1.00 e. The number of rotatable bonds is 2. The van der Waals surface area contributed by atoms with Gasteiger partial charge < -0.3 is 23.3 Å². The molecule has 0 amide bonds. The average molecular weight is 273 g/mol. The first-order valence-corrected chi connectivity index (χ1v) is 6.60. The molecule has 10 heavy (non-hydrogen) atoms. The second-order valence-corrected chi connectivity index (χ2v) is 4.81. The SMILES string of the molecule is ClCCCl.[Na+].[Na+].[S-]SS[S-]. The normalized spacial score (nSPS) is 6.00. The molecule has 0 saturated carbocycles. The Morgan fingerprint density at radius 3 is 1.10 bits per heavy atom. The molecule has 0 aromatic heterocycles. The molecule has 0 saturated heterocycles. The standard InChI is InChI=1S/C2H4Cl2.2Na.H2S4/c3-1-2-4;;;1-3-4-2/h1-2H2;;;1-2H/q;2*+1;/p-2. The van der Waals surface area contributed by atoms with Crippen LogP contribution in [0, 0.1) is 0 Å². The van der Waals surface area contributed by atoms with E-state index in [-0.39, 0.29) is 59.1 Å². The van der Waals surface area contributed by atoms with Crippen LogP contribution in [0.4, 0.5) is 0 Å². The van der Waals surface area contributed by atoms with Crippen molar-refractivity contribution in [1.29, 1.82) is 0 Å². The minimum absolute atomic E-state index is 0. The summed E-state index contributed by atoms with van der Waals surface area (Å²) in [5.41, 5.74) is 0. The summed E-state index contributed by atoms with van der Waals surface area (Å²) >= 11 is 18.8.